The van der Waals surface area contributed by atoms with E-state index in [2.05, 4.69) is 0 Å². The maximum atomic E-state index is 10.7. The summed E-state index contributed by atoms with van der Waals surface area (Å²) in [7, 11) is 1.47. The molecule has 1 rings (SSSR count). The van der Waals surface area contributed by atoms with Gasteiger partial charge in [-0.05, 0) is 30.2 Å². The molecule has 0 unspecified atom stereocenters. The average Bonchev–Trinajstić information content (AvgIpc) is 2.02. The maximum Gasteiger partial charge on any atom is 0.254 e. The van der Waals surface area contributed by atoms with Crippen LogP contribution in [-0.4, -0.2) is 8.42 Å². The highest BCUT2D eigenvalue weighted by atomic mass is 35.7. The Bertz CT molecular complexity index is 446. The first-order valence-corrected chi connectivity index (χ1v) is 6.52. The van der Waals surface area contributed by atoms with Gasteiger partial charge in [-0.3, -0.25) is 0 Å². The lowest BCUT2D eigenvalue weighted by Gasteiger charge is -1.99. The minimum Gasteiger partial charge on any atom is -0.208 e. The highest BCUT2D eigenvalue weighted by Gasteiger charge is 2.02. The van der Waals surface area contributed by atoms with Gasteiger partial charge in [0.25, 0.3) is 9.05 Å². The molecular formula is C9H8Cl2O2S. The maximum absolute atomic E-state index is 10.7. The molecule has 0 N–H and O–H groups in total. The molecule has 0 spiro atoms. The van der Waals surface area contributed by atoms with Gasteiger partial charge in [0.2, 0.25) is 0 Å². The van der Waals surface area contributed by atoms with Crippen LogP contribution in [0.25, 0.3) is 5.57 Å². The molecule has 0 amide bonds. The molecule has 0 saturated heterocycles. The molecule has 0 atom stereocenters. The molecule has 0 saturated carbocycles. The van der Waals surface area contributed by atoms with Gasteiger partial charge in [-0.15, -0.1) is 0 Å². The molecule has 1 aromatic carbocycles. The topological polar surface area (TPSA) is 34.1 Å². The first kappa shape index (κ1) is 11.6. The third-order valence-corrected chi connectivity index (χ3v) is 2.77. The first-order valence-electron chi connectivity index (χ1n) is 3.77. The highest BCUT2D eigenvalue weighted by Crippen LogP contribution is 2.18. The molecule has 0 heterocycles. The van der Waals surface area contributed by atoms with Crippen LogP contribution in [0.1, 0.15) is 12.5 Å². The summed E-state index contributed by atoms with van der Waals surface area (Å²) in [6, 6.07) is 6.84. The summed E-state index contributed by atoms with van der Waals surface area (Å²) < 4.78 is 21.5. The fourth-order valence-electron chi connectivity index (χ4n) is 0.992. The molecule has 5 heteroatoms. The van der Waals surface area contributed by atoms with Crippen LogP contribution in [-0.2, 0) is 9.05 Å². The van der Waals surface area contributed by atoms with E-state index < -0.39 is 9.05 Å². The summed E-state index contributed by atoms with van der Waals surface area (Å²) in [5.74, 6) is 0. The van der Waals surface area contributed by atoms with E-state index in [-0.39, 0.29) is 0 Å². The number of rotatable bonds is 2. The Balaban J connectivity index is 3.07. The lowest BCUT2D eigenvalue weighted by Crippen LogP contribution is -1.85. The van der Waals surface area contributed by atoms with E-state index in [0.29, 0.717) is 10.6 Å². The zero-order valence-corrected chi connectivity index (χ0v) is 9.70. The molecule has 14 heavy (non-hydrogen) atoms. The minimum absolute atomic E-state index is 0.580. The van der Waals surface area contributed by atoms with E-state index >= 15 is 0 Å². The second-order valence-corrected chi connectivity index (χ2v) is 5.70. The van der Waals surface area contributed by atoms with Crippen LogP contribution in [0.3, 0.4) is 0 Å². The Morgan fingerprint density at radius 1 is 1.29 bits per heavy atom. The molecule has 0 radical (unpaired) electrons. The van der Waals surface area contributed by atoms with Crippen molar-refractivity contribution in [2.24, 2.45) is 0 Å². The van der Waals surface area contributed by atoms with Crippen LogP contribution in [0.5, 0.6) is 0 Å². The summed E-state index contributed by atoms with van der Waals surface area (Å²) in [5.41, 5.74) is 1.36. The summed E-state index contributed by atoms with van der Waals surface area (Å²) in [5, 5.41) is 1.62. The van der Waals surface area contributed by atoms with Crippen LogP contribution in [0.2, 0.25) is 5.02 Å². The van der Waals surface area contributed by atoms with E-state index in [1.807, 2.05) is 0 Å². The second kappa shape index (κ2) is 4.34. The van der Waals surface area contributed by atoms with Crippen molar-refractivity contribution in [3.05, 3.63) is 40.3 Å². The van der Waals surface area contributed by atoms with Crippen molar-refractivity contribution in [3.63, 3.8) is 0 Å². The molecule has 0 aliphatic rings. The first-order chi connectivity index (χ1) is 6.38. The van der Waals surface area contributed by atoms with Gasteiger partial charge in [0.05, 0.1) is 0 Å². The number of benzene rings is 1. The van der Waals surface area contributed by atoms with E-state index in [0.717, 1.165) is 11.0 Å². The number of halogens is 2. The Morgan fingerprint density at radius 2 is 1.79 bits per heavy atom. The predicted molar refractivity (Wildman–Crippen MR) is 59.9 cm³/mol. The Labute approximate surface area is 92.6 Å². The van der Waals surface area contributed by atoms with Crippen molar-refractivity contribution in [1.82, 2.24) is 0 Å². The van der Waals surface area contributed by atoms with Crippen LogP contribution >= 0.6 is 22.3 Å². The number of hydrogen-bond donors (Lipinski definition) is 0. The van der Waals surface area contributed by atoms with Gasteiger partial charge < -0.3 is 0 Å². The Kier molecular flexibility index (Phi) is 3.59. The molecule has 0 aromatic heterocycles. The molecule has 0 aliphatic heterocycles. The number of allylic oxidation sites excluding steroid dienone is 1. The van der Waals surface area contributed by atoms with Crippen molar-refractivity contribution < 1.29 is 8.42 Å². The van der Waals surface area contributed by atoms with E-state index in [1.165, 1.54) is 0 Å². The van der Waals surface area contributed by atoms with Crippen LogP contribution in [0.4, 0.5) is 0 Å². The zero-order valence-electron chi connectivity index (χ0n) is 7.37. The Morgan fingerprint density at radius 3 is 2.21 bits per heavy atom. The van der Waals surface area contributed by atoms with E-state index in [4.69, 9.17) is 22.3 Å². The summed E-state index contributed by atoms with van der Waals surface area (Å²) in [6.07, 6.45) is 0. The largest absolute Gasteiger partial charge is 0.254 e. The van der Waals surface area contributed by atoms with Crippen LogP contribution in [0, 0.1) is 0 Å². The minimum atomic E-state index is -3.60. The van der Waals surface area contributed by atoms with Gasteiger partial charge >= 0.3 is 0 Å². The lowest BCUT2D eigenvalue weighted by atomic mass is 10.1. The molecular weight excluding hydrogens is 243 g/mol. The normalized spacial score (nSPS) is 12.9. The quantitative estimate of drug-likeness (QED) is 0.756. The molecule has 0 fully saturated rings. The van der Waals surface area contributed by atoms with Crippen molar-refractivity contribution in [2.75, 3.05) is 0 Å². The summed E-state index contributed by atoms with van der Waals surface area (Å²) >= 11 is 5.69. The van der Waals surface area contributed by atoms with Gasteiger partial charge in [0.1, 0.15) is 0 Å². The molecule has 76 valence electrons. The van der Waals surface area contributed by atoms with Crippen molar-refractivity contribution >= 4 is 36.9 Å². The highest BCUT2D eigenvalue weighted by molar-refractivity contribution is 8.16. The third-order valence-electron chi connectivity index (χ3n) is 1.62. The molecule has 0 aliphatic carbocycles. The van der Waals surface area contributed by atoms with Crippen molar-refractivity contribution in [2.45, 2.75) is 6.92 Å². The predicted octanol–water partition coefficient (Wildman–Crippen LogP) is 3.27. The van der Waals surface area contributed by atoms with Crippen molar-refractivity contribution in [3.8, 4) is 0 Å². The van der Waals surface area contributed by atoms with Gasteiger partial charge in [-0.1, -0.05) is 23.7 Å². The Hall–Kier alpha value is -0.510. The van der Waals surface area contributed by atoms with Gasteiger partial charge in [-0.25, -0.2) is 8.42 Å². The third kappa shape index (κ3) is 3.70. The van der Waals surface area contributed by atoms with E-state index in [1.54, 1.807) is 31.2 Å². The van der Waals surface area contributed by atoms with Crippen molar-refractivity contribution in [1.29, 1.82) is 0 Å². The second-order valence-electron chi connectivity index (χ2n) is 2.78. The zero-order chi connectivity index (χ0) is 10.8. The van der Waals surface area contributed by atoms with Gasteiger partial charge in [-0.2, -0.15) is 0 Å². The summed E-state index contributed by atoms with van der Waals surface area (Å²) in [6.45, 7) is 1.67. The van der Waals surface area contributed by atoms with E-state index in [9.17, 15) is 8.42 Å². The number of hydrogen-bond acceptors (Lipinski definition) is 2. The fraction of sp³-hybridized carbons (Fsp3) is 0.111. The molecule has 0 bridgehead atoms. The lowest BCUT2D eigenvalue weighted by molar-refractivity contribution is 0.617. The standard InChI is InChI=1S/C9H8Cl2O2S/c1-7(6-14(11,12)13)8-2-4-9(10)5-3-8/h2-6H,1H3. The van der Waals surface area contributed by atoms with Crippen LogP contribution < -0.4 is 0 Å². The molecule has 1 aromatic rings. The average molecular weight is 251 g/mol. The fourth-order valence-corrected chi connectivity index (χ4v) is 2.08. The smallest absolute Gasteiger partial charge is 0.208 e. The summed E-state index contributed by atoms with van der Waals surface area (Å²) in [4.78, 5) is 0. The van der Waals surface area contributed by atoms with Gasteiger partial charge in [0.15, 0.2) is 0 Å². The monoisotopic (exact) mass is 250 g/mol. The SMILES string of the molecule is CC(=CS(=O)(=O)Cl)c1ccc(Cl)cc1. The molecule has 2 nitrogen and oxygen atoms in total. The van der Waals surface area contributed by atoms with Gasteiger partial charge in [0, 0.05) is 21.1 Å². The van der Waals surface area contributed by atoms with Crippen LogP contribution in [0.15, 0.2) is 29.7 Å².